The summed E-state index contributed by atoms with van der Waals surface area (Å²) in [7, 11) is 0. The Balaban J connectivity index is 3.44. The minimum absolute atomic E-state index is 0.311. The Labute approximate surface area is 427 Å². The summed E-state index contributed by atoms with van der Waals surface area (Å²) < 4.78 is 42.4. The van der Waals surface area contributed by atoms with E-state index in [0.29, 0.717) is 12.8 Å². The largest absolute Gasteiger partial charge is 0.394 e. The fourth-order valence-electron chi connectivity index (χ4n) is 10.9. The molecule has 0 aromatic carbocycles. The molecule has 0 saturated carbocycles. The summed E-state index contributed by atoms with van der Waals surface area (Å²) in [4.78, 5) is 0. The topological polar surface area (TPSA) is 52.0 Å². The van der Waals surface area contributed by atoms with Crippen LogP contribution < -0.4 is 11.5 Å². The van der Waals surface area contributed by atoms with Gasteiger partial charge in [-0.2, -0.15) is 13.2 Å². The van der Waals surface area contributed by atoms with Gasteiger partial charge < -0.3 is 11.5 Å². The Morgan fingerprint density at radius 3 is 0.397 bits per heavy atom. The molecule has 0 aliphatic rings. The lowest BCUT2D eigenvalue weighted by Gasteiger charge is -2.32. The standard InChI is InChI=1S/C63H127F3N2/c1-62(63(64,65)66,58-54-50-46-42-38-34-30-26-22-18-14-10-6-2-4-8-12-16-20-24-28-32-36-40-44-48-52-56-60-67)59-55-51-47-43-39-35-31-27-23-19-15-11-7-3-5-9-13-17-21-25-29-33-37-41-45-49-53-57-61-68/h2-61,67-68H2,1H3. The van der Waals surface area contributed by atoms with Gasteiger partial charge in [-0.05, 0) is 38.8 Å². The molecule has 0 aliphatic carbocycles. The number of hydrogen-bond donors (Lipinski definition) is 2. The Morgan fingerprint density at radius 2 is 0.294 bits per heavy atom. The van der Waals surface area contributed by atoms with Crippen molar-refractivity contribution in [2.45, 2.75) is 386 Å². The molecule has 0 atom stereocenters. The SMILES string of the molecule is CC(CCCCCCCCCCCCCCCCCCCCCCCCCCCCCCN)(CCCCCCCCCCCCCCCCCCCCCCCCCCCCCCN)C(F)(F)F. The van der Waals surface area contributed by atoms with E-state index in [1.165, 1.54) is 328 Å². The summed E-state index contributed by atoms with van der Waals surface area (Å²) >= 11 is 0. The zero-order chi connectivity index (χ0) is 49.4. The van der Waals surface area contributed by atoms with E-state index in [9.17, 15) is 13.2 Å². The molecule has 0 unspecified atom stereocenters. The Hall–Kier alpha value is -0.290. The minimum Gasteiger partial charge on any atom is -0.330 e. The molecule has 0 radical (unpaired) electrons. The first kappa shape index (κ1) is 67.7. The van der Waals surface area contributed by atoms with Crippen LogP contribution in [0, 0.1) is 5.41 Å². The third kappa shape index (κ3) is 52.0. The first-order valence-electron chi connectivity index (χ1n) is 31.8. The van der Waals surface area contributed by atoms with Crippen LogP contribution in [0.25, 0.3) is 0 Å². The number of unbranched alkanes of at least 4 members (excludes halogenated alkanes) is 54. The maximum Gasteiger partial charge on any atom is 0.394 e. The van der Waals surface area contributed by atoms with Gasteiger partial charge in [-0.15, -0.1) is 0 Å². The highest BCUT2D eigenvalue weighted by Crippen LogP contribution is 2.46. The second-order valence-corrected chi connectivity index (χ2v) is 22.9. The predicted octanol–water partition coefficient (Wildman–Crippen LogP) is 23.1. The summed E-state index contributed by atoms with van der Waals surface area (Å²) in [5.41, 5.74) is 9.63. The van der Waals surface area contributed by atoms with Crippen molar-refractivity contribution in [3.8, 4) is 0 Å². The van der Waals surface area contributed by atoms with Crippen molar-refractivity contribution >= 4 is 0 Å². The van der Waals surface area contributed by atoms with E-state index in [-0.39, 0.29) is 0 Å². The van der Waals surface area contributed by atoms with Crippen molar-refractivity contribution in [3.05, 3.63) is 0 Å². The van der Waals surface area contributed by atoms with Crippen molar-refractivity contribution in [2.24, 2.45) is 16.9 Å². The molecule has 0 heterocycles. The monoisotopic (exact) mass is 969 g/mol. The van der Waals surface area contributed by atoms with E-state index in [1.54, 1.807) is 0 Å². The molecule has 0 bridgehead atoms. The molecule has 5 heteroatoms. The molecule has 0 fully saturated rings. The van der Waals surface area contributed by atoms with Crippen LogP contribution in [0.1, 0.15) is 379 Å². The zero-order valence-corrected chi connectivity index (χ0v) is 46.7. The van der Waals surface area contributed by atoms with Crippen molar-refractivity contribution in [3.63, 3.8) is 0 Å². The van der Waals surface area contributed by atoms with Crippen LogP contribution in [0.2, 0.25) is 0 Å². The van der Waals surface area contributed by atoms with Gasteiger partial charge in [0.2, 0.25) is 0 Å². The first-order chi connectivity index (χ1) is 33.4. The van der Waals surface area contributed by atoms with E-state index < -0.39 is 11.6 Å². The summed E-state index contributed by atoms with van der Waals surface area (Å²) in [6.45, 7) is 3.22. The number of rotatable bonds is 60. The van der Waals surface area contributed by atoms with E-state index in [0.717, 1.165) is 51.6 Å². The summed E-state index contributed by atoms with van der Waals surface area (Å²) in [5.74, 6) is 0. The highest BCUT2D eigenvalue weighted by atomic mass is 19.4. The normalized spacial score (nSPS) is 12.3. The summed E-state index contributed by atoms with van der Waals surface area (Å²) in [6, 6.07) is 0. The fraction of sp³-hybridized carbons (Fsp3) is 1.00. The molecule has 0 aromatic heterocycles. The van der Waals surface area contributed by atoms with Gasteiger partial charge in [-0.1, -0.05) is 354 Å². The van der Waals surface area contributed by atoms with Crippen molar-refractivity contribution in [2.75, 3.05) is 13.1 Å². The summed E-state index contributed by atoms with van der Waals surface area (Å²) in [5, 5.41) is 0. The van der Waals surface area contributed by atoms with Crippen LogP contribution in [0.4, 0.5) is 13.2 Å². The van der Waals surface area contributed by atoms with Gasteiger partial charge in [-0.3, -0.25) is 0 Å². The van der Waals surface area contributed by atoms with Crippen LogP contribution in [0.3, 0.4) is 0 Å². The number of hydrogen-bond acceptors (Lipinski definition) is 2. The molecule has 410 valence electrons. The van der Waals surface area contributed by atoms with Crippen LogP contribution in [-0.4, -0.2) is 19.3 Å². The quantitative estimate of drug-likeness (QED) is 0.0597. The molecular formula is C63H127F3N2. The van der Waals surface area contributed by atoms with Gasteiger partial charge in [0.25, 0.3) is 0 Å². The molecule has 0 rings (SSSR count). The van der Waals surface area contributed by atoms with E-state index in [2.05, 4.69) is 0 Å². The van der Waals surface area contributed by atoms with Gasteiger partial charge in [0.05, 0.1) is 5.41 Å². The van der Waals surface area contributed by atoms with E-state index >= 15 is 0 Å². The highest BCUT2D eigenvalue weighted by Gasteiger charge is 2.49. The molecule has 0 aromatic rings. The van der Waals surface area contributed by atoms with Gasteiger partial charge in [-0.25, -0.2) is 0 Å². The number of alkyl halides is 3. The Kier molecular flexibility index (Phi) is 55.8. The third-order valence-electron chi connectivity index (χ3n) is 16.0. The van der Waals surface area contributed by atoms with Gasteiger partial charge in [0.15, 0.2) is 0 Å². The minimum atomic E-state index is -4.08. The molecule has 4 N–H and O–H groups in total. The van der Waals surface area contributed by atoms with Gasteiger partial charge >= 0.3 is 6.18 Å². The average molecular weight is 970 g/mol. The van der Waals surface area contributed by atoms with Gasteiger partial charge in [0, 0.05) is 0 Å². The lowest BCUT2D eigenvalue weighted by Crippen LogP contribution is -2.35. The Bertz CT molecular complexity index is 846. The predicted molar refractivity (Wildman–Crippen MR) is 300 cm³/mol. The maximum absolute atomic E-state index is 14.1. The van der Waals surface area contributed by atoms with E-state index in [4.69, 9.17) is 11.5 Å². The molecule has 2 nitrogen and oxygen atoms in total. The van der Waals surface area contributed by atoms with Crippen molar-refractivity contribution in [1.29, 1.82) is 0 Å². The third-order valence-corrected chi connectivity index (χ3v) is 16.0. The van der Waals surface area contributed by atoms with Crippen molar-refractivity contribution in [1.82, 2.24) is 0 Å². The molecule has 0 aliphatic heterocycles. The lowest BCUT2D eigenvalue weighted by atomic mass is 9.79. The number of nitrogens with two attached hydrogens (primary N) is 2. The highest BCUT2D eigenvalue weighted by molar-refractivity contribution is 4.82. The van der Waals surface area contributed by atoms with Crippen LogP contribution >= 0.6 is 0 Å². The first-order valence-corrected chi connectivity index (χ1v) is 31.8. The van der Waals surface area contributed by atoms with E-state index in [1.807, 2.05) is 0 Å². The fourth-order valence-corrected chi connectivity index (χ4v) is 10.9. The molecule has 0 spiro atoms. The van der Waals surface area contributed by atoms with Gasteiger partial charge in [0.1, 0.15) is 0 Å². The van der Waals surface area contributed by atoms with Crippen LogP contribution in [-0.2, 0) is 0 Å². The second-order valence-electron chi connectivity index (χ2n) is 22.9. The molecular weight excluding hydrogens is 842 g/mol. The van der Waals surface area contributed by atoms with Crippen LogP contribution in [0.15, 0.2) is 0 Å². The zero-order valence-electron chi connectivity index (χ0n) is 46.7. The number of halogens is 3. The summed E-state index contributed by atoms with van der Waals surface area (Å²) in [6.07, 6.45) is 71.3. The average Bonchev–Trinajstić information content (AvgIpc) is 3.32. The second kappa shape index (κ2) is 56.0. The molecule has 0 saturated heterocycles. The maximum atomic E-state index is 14.1. The molecule has 0 amide bonds. The van der Waals surface area contributed by atoms with Crippen LogP contribution in [0.5, 0.6) is 0 Å². The smallest absolute Gasteiger partial charge is 0.330 e. The Morgan fingerprint density at radius 1 is 0.191 bits per heavy atom. The van der Waals surface area contributed by atoms with Crippen molar-refractivity contribution < 1.29 is 13.2 Å². The lowest BCUT2D eigenvalue weighted by molar-refractivity contribution is -0.223. The molecule has 68 heavy (non-hydrogen) atoms.